The summed E-state index contributed by atoms with van der Waals surface area (Å²) in [6.45, 7) is 1.02. The van der Waals surface area contributed by atoms with Gasteiger partial charge in [-0.3, -0.25) is 0 Å². The van der Waals surface area contributed by atoms with Crippen LogP contribution in [0.2, 0.25) is 0 Å². The van der Waals surface area contributed by atoms with E-state index in [4.69, 9.17) is 4.42 Å². The number of halogens is 1. The van der Waals surface area contributed by atoms with Crippen LogP contribution in [0.1, 0.15) is 12.0 Å². The van der Waals surface area contributed by atoms with Gasteiger partial charge in [-0.15, -0.1) is 0 Å². The maximum absolute atomic E-state index is 13.2. The largest absolute Gasteiger partial charge is 0.436 e. The molecule has 0 amide bonds. The molecule has 4 heteroatoms. The van der Waals surface area contributed by atoms with E-state index in [1.165, 1.54) is 23.4 Å². The number of hydrogen-bond donors (Lipinski definition) is 1. The Morgan fingerprint density at radius 1 is 1.15 bits per heavy atom. The molecule has 4 rings (SSSR count). The smallest absolute Gasteiger partial charge is 0.227 e. The maximum Gasteiger partial charge on any atom is 0.227 e. The van der Waals surface area contributed by atoms with Crippen LogP contribution < -0.4 is 5.32 Å². The van der Waals surface area contributed by atoms with Crippen LogP contribution in [0.5, 0.6) is 0 Å². The fourth-order valence-corrected chi connectivity index (χ4v) is 2.63. The normalized spacial score (nSPS) is 14.1. The Kier molecular flexibility index (Phi) is 2.49. The number of fused-ring (bicyclic) bond motifs is 2. The Balaban J connectivity index is 1.82. The third kappa shape index (κ3) is 1.84. The third-order valence-corrected chi connectivity index (χ3v) is 3.64. The molecule has 0 fully saturated rings. The van der Waals surface area contributed by atoms with Crippen molar-refractivity contribution in [1.82, 2.24) is 4.98 Å². The molecule has 0 aliphatic carbocycles. The van der Waals surface area contributed by atoms with Gasteiger partial charge in [0.05, 0.1) is 0 Å². The van der Waals surface area contributed by atoms with Crippen molar-refractivity contribution in [3.05, 3.63) is 47.8 Å². The second-order valence-electron chi connectivity index (χ2n) is 5.03. The summed E-state index contributed by atoms with van der Waals surface area (Å²) < 4.78 is 18.9. The van der Waals surface area contributed by atoms with E-state index >= 15 is 0 Å². The van der Waals surface area contributed by atoms with Crippen LogP contribution in [0.25, 0.3) is 22.6 Å². The van der Waals surface area contributed by atoms with Gasteiger partial charge in [-0.1, -0.05) is 0 Å². The van der Waals surface area contributed by atoms with Gasteiger partial charge in [0.25, 0.3) is 0 Å². The van der Waals surface area contributed by atoms with Gasteiger partial charge in [0.15, 0.2) is 5.58 Å². The molecule has 1 aromatic heterocycles. The molecule has 0 spiro atoms. The molecular weight excluding hydrogens is 255 g/mol. The lowest BCUT2D eigenvalue weighted by Gasteiger charge is -2.17. The predicted octanol–water partition coefficient (Wildman–Crippen LogP) is 3.99. The Morgan fingerprint density at radius 2 is 2.10 bits per heavy atom. The van der Waals surface area contributed by atoms with Crippen molar-refractivity contribution in [1.29, 1.82) is 0 Å². The van der Waals surface area contributed by atoms with Gasteiger partial charge < -0.3 is 9.73 Å². The lowest BCUT2D eigenvalue weighted by Crippen LogP contribution is -2.11. The van der Waals surface area contributed by atoms with Crippen LogP contribution in [0.4, 0.5) is 10.1 Å². The monoisotopic (exact) mass is 268 g/mol. The molecule has 2 heterocycles. The lowest BCUT2D eigenvalue weighted by molar-refractivity contribution is 0.614. The molecule has 0 atom stereocenters. The topological polar surface area (TPSA) is 38.1 Å². The molecule has 1 aliphatic rings. The van der Waals surface area contributed by atoms with Crippen molar-refractivity contribution in [3.8, 4) is 11.5 Å². The quantitative estimate of drug-likeness (QED) is 0.725. The first-order chi connectivity index (χ1) is 9.79. The second-order valence-corrected chi connectivity index (χ2v) is 5.03. The number of nitrogens with zero attached hydrogens (tertiary/aromatic N) is 1. The Hall–Kier alpha value is -2.36. The van der Waals surface area contributed by atoms with E-state index in [1.807, 2.05) is 6.07 Å². The highest BCUT2D eigenvalue weighted by Crippen LogP contribution is 2.30. The van der Waals surface area contributed by atoms with Crippen LogP contribution in [-0.2, 0) is 6.42 Å². The number of hydrogen-bond acceptors (Lipinski definition) is 3. The minimum absolute atomic E-state index is 0.299. The second kappa shape index (κ2) is 4.34. The summed E-state index contributed by atoms with van der Waals surface area (Å²) in [7, 11) is 0. The van der Waals surface area contributed by atoms with Crippen LogP contribution in [0, 0.1) is 5.82 Å². The highest BCUT2D eigenvalue weighted by molar-refractivity contribution is 5.76. The molecule has 20 heavy (non-hydrogen) atoms. The highest BCUT2D eigenvalue weighted by atomic mass is 19.1. The molecule has 100 valence electrons. The number of benzene rings is 2. The maximum atomic E-state index is 13.2. The van der Waals surface area contributed by atoms with E-state index in [0.717, 1.165) is 24.9 Å². The van der Waals surface area contributed by atoms with Crippen LogP contribution in [0.3, 0.4) is 0 Å². The third-order valence-electron chi connectivity index (χ3n) is 3.64. The molecule has 3 aromatic rings. The summed E-state index contributed by atoms with van der Waals surface area (Å²) in [6.07, 6.45) is 2.19. The number of nitrogens with one attached hydrogen (secondary N) is 1. The fourth-order valence-electron chi connectivity index (χ4n) is 2.63. The van der Waals surface area contributed by atoms with Gasteiger partial charge >= 0.3 is 0 Å². The summed E-state index contributed by atoms with van der Waals surface area (Å²) in [5.41, 5.74) is 4.56. The number of rotatable bonds is 1. The zero-order valence-electron chi connectivity index (χ0n) is 10.8. The Labute approximate surface area is 115 Å². The predicted molar refractivity (Wildman–Crippen MR) is 76.2 cm³/mol. The van der Waals surface area contributed by atoms with Crippen molar-refractivity contribution in [3.63, 3.8) is 0 Å². The van der Waals surface area contributed by atoms with Gasteiger partial charge in [-0.2, -0.15) is 0 Å². The molecule has 0 saturated heterocycles. The molecular formula is C16H13FN2O. The SMILES string of the molecule is Fc1ccc2oc(-c3ccc4c(c3)CCCN4)nc2c1. The van der Waals surface area contributed by atoms with Crippen molar-refractivity contribution in [2.75, 3.05) is 11.9 Å². The summed E-state index contributed by atoms with van der Waals surface area (Å²) in [4.78, 5) is 4.37. The Morgan fingerprint density at radius 3 is 3.05 bits per heavy atom. The van der Waals surface area contributed by atoms with E-state index in [-0.39, 0.29) is 5.82 Å². The van der Waals surface area contributed by atoms with Gasteiger partial charge in [-0.05, 0) is 48.7 Å². The van der Waals surface area contributed by atoms with Crippen LogP contribution in [-0.4, -0.2) is 11.5 Å². The van der Waals surface area contributed by atoms with Gasteiger partial charge in [0.1, 0.15) is 11.3 Å². The summed E-state index contributed by atoms with van der Waals surface area (Å²) >= 11 is 0. The van der Waals surface area contributed by atoms with Gasteiger partial charge in [0, 0.05) is 23.9 Å². The first kappa shape index (κ1) is 11.5. The molecule has 0 unspecified atom stereocenters. The minimum atomic E-state index is -0.299. The van der Waals surface area contributed by atoms with Gasteiger partial charge in [0.2, 0.25) is 5.89 Å². The summed E-state index contributed by atoms with van der Waals surface area (Å²) in [5.74, 6) is 0.242. The van der Waals surface area contributed by atoms with E-state index in [1.54, 1.807) is 6.07 Å². The fraction of sp³-hybridized carbons (Fsp3) is 0.188. The van der Waals surface area contributed by atoms with E-state index in [0.29, 0.717) is 17.0 Å². The van der Waals surface area contributed by atoms with Crippen LogP contribution >= 0.6 is 0 Å². The lowest BCUT2D eigenvalue weighted by atomic mass is 10.0. The van der Waals surface area contributed by atoms with Crippen molar-refractivity contribution in [2.24, 2.45) is 0 Å². The highest BCUT2D eigenvalue weighted by Gasteiger charge is 2.13. The van der Waals surface area contributed by atoms with Crippen LogP contribution in [0.15, 0.2) is 40.8 Å². The van der Waals surface area contributed by atoms with Crippen molar-refractivity contribution in [2.45, 2.75) is 12.8 Å². The summed E-state index contributed by atoms with van der Waals surface area (Å²) in [5, 5.41) is 3.37. The molecule has 0 bridgehead atoms. The zero-order valence-corrected chi connectivity index (χ0v) is 10.8. The summed E-state index contributed by atoms with van der Waals surface area (Å²) in [6, 6.07) is 10.5. The average molecular weight is 268 g/mol. The first-order valence-corrected chi connectivity index (χ1v) is 6.73. The molecule has 1 N–H and O–H groups in total. The molecule has 2 aromatic carbocycles. The first-order valence-electron chi connectivity index (χ1n) is 6.73. The minimum Gasteiger partial charge on any atom is -0.436 e. The number of aromatic nitrogens is 1. The number of oxazole rings is 1. The standard InChI is InChI=1S/C16H13FN2O/c17-12-4-6-15-14(9-12)19-16(20-15)11-3-5-13-10(8-11)2-1-7-18-13/h3-6,8-9,18H,1-2,7H2. The van der Waals surface area contributed by atoms with E-state index < -0.39 is 0 Å². The average Bonchev–Trinajstić information content (AvgIpc) is 2.89. The van der Waals surface area contributed by atoms with Crippen molar-refractivity contribution >= 4 is 16.8 Å². The molecule has 3 nitrogen and oxygen atoms in total. The van der Waals surface area contributed by atoms with Gasteiger partial charge in [-0.25, -0.2) is 9.37 Å². The number of aryl methyl sites for hydroxylation is 1. The molecule has 1 aliphatic heterocycles. The Bertz CT molecular complexity index is 794. The van der Waals surface area contributed by atoms with E-state index in [2.05, 4.69) is 22.4 Å². The van der Waals surface area contributed by atoms with Crippen molar-refractivity contribution < 1.29 is 8.81 Å². The number of anilines is 1. The molecule has 0 saturated carbocycles. The zero-order chi connectivity index (χ0) is 13.5. The van der Waals surface area contributed by atoms with E-state index in [9.17, 15) is 4.39 Å². The molecule has 0 radical (unpaired) electrons.